The van der Waals surface area contributed by atoms with Crippen LogP contribution in [0.4, 0.5) is 0 Å². The normalized spacial score (nSPS) is 13.8. The summed E-state index contributed by atoms with van der Waals surface area (Å²) < 4.78 is 0. The number of aliphatic hydroxyl groups excluding tert-OH is 2. The third kappa shape index (κ3) is 24.1. The molecule has 0 aromatic heterocycles. The number of allylic oxidation sites excluding steroid dienone is 6. The summed E-state index contributed by atoms with van der Waals surface area (Å²) in [6.07, 6.45) is 33.4. The molecular formula is C31H57NO3. The van der Waals surface area contributed by atoms with Crippen molar-refractivity contribution >= 4 is 5.91 Å². The lowest BCUT2D eigenvalue weighted by atomic mass is 10.0. The minimum atomic E-state index is -0.658. The van der Waals surface area contributed by atoms with E-state index in [4.69, 9.17) is 0 Å². The molecule has 4 nitrogen and oxygen atoms in total. The van der Waals surface area contributed by atoms with Gasteiger partial charge in [-0.1, -0.05) is 121 Å². The largest absolute Gasteiger partial charge is 0.394 e. The summed E-state index contributed by atoms with van der Waals surface area (Å²) in [7, 11) is 0. The number of rotatable bonds is 25. The molecule has 0 spiro atoms. The Morgan fingerprint density at radius 2 is 1.26 bits per heavy atom. The Kier molecular flexibility index (Phi) is 26.1. The van der Waals surface area contributed by atoms with Crippen molar-refractivity contribution < 1.29 is 15.0 Å². The lowest BCUT2D eigenvalue weighted by Gasteiger charge is -2.22. The molecule has 35 heavy (non-hydrogen) atoms. The maximum atomic E-state index is 12.2. The second kappa shape index (κ2) is 27.2. The van der Waals surface area contributed by atoms with Crippen LogP contribution in [-0.2, 0) is 4.79 Å². The quantitative estimate of drug-likeness (QED) is 0.0896. The van der Waals surface area contributed by atoms with Gasteiger partial charge in [-0.05, 0) is 44.9 Å². The molecule has 0 heterocycles. The standard InChI is InChI=1S/C31H57NO3/c1-3-5-7-9-11-12-13-14-15-16-17-18-19-20-21-23-25-27-31(35)32-29(28-33)30(34)26-24-22-10-8-6-4-2/h5,7,11-12,14-15,29-30,33-34H,3-4,6,8-10,13,16-28H2,1-2H3,(H,32,35)/b7-5-,12-11-,15-14-. The summed E-state index contributed by atoms with van der Waals surface area (Å²) in [5, 5.41) is 22.7. The Hall–Kier alpha value is -1.39. The first-order chi connectivity index (χ1) is 17.2. The number of carbonyl (C=O) groups is 1. The number of hydrogen-bond acceptors (Lipinski definition) is 3. The highest BCUT2D eigenvalue weighted by Gasteiger charge is 2.19. The number of carbonyl (C=O) groups excluding carboxylic acids is 1. The Bertz CT molecular complexity index is 541. The summed E-state index contributed by atoms with van der Waals surface area (Å²) in [6.45, 7) is 4.16. The molecule has 4 heteroatoms. The van der Waals surface area contributed by atoms with Gasteiger partial charge in [0.15, 0.2) is 0 Å². The first kappa shape index (κ1) is 33.6. The van der Waals surface area contributed by atoms with Crippen molar-refractivity contribution in [1.29, 1.82) is 0 Å². The predicted molar refractivity (Wildman–Crippen MR) is 152 cm³/mol. The van der Waals surface area contributed by atoms with Gasteiger partial charge in [-0.25, -0.2) is 0 Å². The minimum absolute atomic E-state index is 0.0508. The van der Waals surface area contributed by atoms with Crippen molar-refractivity contribution in [3.05, 3.63) is 36.5 Å². The predicted octanol–water partition coefficient (Wildman–Crippen LogP) is 7.94. The van der Waals surface area contributed by atoms with E-state index in [9.17, 15) is 15.0 Å². The Morgan fingerprint density at radius 3 is 1.89 bits per heavy atom. The second-order valence-electron chi connectivity index (χ2n) is 9.79. The van der Waals surface area contributed by atoms with Gasteiger partial charge in [0.2, 0.25) is 5.91 Å². The van der Waals surface area contributed by atoms with Gasteiger partial charge in [0.05, 0.1) is 18.8 Å². The van der Waals surface area contributed by atoms with Gasteiger partial charge >= 0.3 is 0 Å². The van der Waals surface area contributed by atoms with Gasteiger partial charge in [0, 0.05) is 6.42 Å². The number of hydrogen-bond donors (Lipinski definition) is 3. The molecule has 0 bridgehead atoms. The summed E-state index contributed by atoms with van der Waals surface area (Å²) >= 11 is 0. The number of amides is 1. The summed E-state index contributed by atoms with van der Waals surface area (Å²) in [5.74, 6) is -0.0508. The van der Waals surface area contributed by atoms with Crippen molar-refractivity contribution in [2.75, 3.05) is 6.61 Å². The summed E-state index contributed by atoms with van der Waals surface area (Å²) in [6, 6.07) is -0.536. The molecule has 0 rings (SSSR count). The molecule has 1 amide bonds. The maximum absolute atomic E-state index is 12.2. The first-order valence-corrected chi connectivity index (χ1v) is 14.7. The molecule has 0 aromatic carbocycles. The van der Waals surface area contributed by atoms with Crippen LogP contribution in [0, 0.1) is 0 Å². The third-order valence-corrected chi connectivity index (χ3v) is 6.42. The molecule has 0 saturated heterocycles. The van der Waals surface area contributed by atoms with Crippen molar-refractivity contribution in [3.8, 4) is 0 Å². The van der Waals surface area contributed by atoms with Gasteiger partial charge in [-0.2, -0.15) is 0 Å². The minimum Gasteiger partial charge on any atom is -0.394 e. The van der Waals surface area contributed by atoms with E-state index in [0.717, 1.165) is 44.9 Å². The number of aliphatic hydroxyl groups is 2. The van der Waals surface area contributed by atoms with Crippen LogP contribution >= 0.6 is 0 Å². The van der Waals surface area contributed by atoms with Crippen molar-refractivity contribution in [1.82, 2.24) is 5.32 Å². The Morgan fingerprint density at radius 1 is 0.714 bits per heavy atom. The highest BCUT2D eigenvalue weighted by atomic mass is 16.3. The molecule has 0 aliphatic heterocycles. The lowest BCUT2D eigenvalue weighted by Crippen LogP contribution is -2.45. The van der Waals surface area contributed by atoms with Crippen molar-refractivity contribution in [2.45, 2.75) is 148 Å². The van der Waals surface area contributed by atoms with E-state index < -0.39 is 12.1 Å². The smallest absolute Gasteiger partial charge is 0.220 e. The van der Waals surface area contributed by atoms with E-state index in [1.54, 1.807) is 0 Å². The fourth-order valence-corrected chi connectivity index (χ4v) is 4.14. The summed E-state index contributed by atoms with van der Waals surface area (Å²) in [4.78, 5) is 12.2. The molecule has 2 atom stereocenters. The first-order valence-electron chi connectivity index (χ1n) is 14.7. The molecule has 2 unspecified atom stereocenters. The van der Waals surface area contributed by atoms with Gasteiger partial charge < -0.3 is 15.5 Å². The molecule has 0 aromatic rings. The number of unbranched alkanes of at least 4 members (excludes halogenated alkanes) is 12. The third-order valence-electron chi connectivity index (χ3n) is 6.42. The van der Waals surface area contributed by atoms with Crippen LogP contribution in [0.3, 0.4) is 0 Å². The molecule has 204 valence electrons. The topological polar surface area (TPSA) is 69.6 Å². The Balaban J connectivity index is 3.60. The fraction of sp³-hybridized carbons (Fsp3) is 0.774. The molecule has 3 N–H and O–H groups in total. The highest BCUT2D eigenvalue weighted by Crippen LogP contribution is 2.12. The molecule has 0 radical (unpaired) electrons. The van der Waals surface area contributed by atoms with Crippen LogP contribution in [0.15, 0.2) is 36.5 Å². The zero-order chi connectivity index (χ0) is 25.8. The van der Waals surface area contributed by atoms with E-state index >= 15 is 0 Å². The van der Waals surface area contributed by atoms with Crippen LogP contribution in [0.2, 0.25) is 0 Å². The van der Waals surface area contributed by atoms with E-state index in [1.165, 1.54) is 64.2 Å². The van der Waals surface area contributed by atoms with E-state index in [-0.39, 0.29) is 12.5 Å². The molecule has 0 aliphatic carbocycles. The lowest BCUT2D eigenvalue weighted by molar-refractivity contribution is -0.123. The van der Waals surface area contributed by atoms with E-state index in [0.29, 0.717) is 12.8 Å². The van der Waals surface area contributed by atoms with Crippen LogP contribution in [0.5, 0.6) is 0 Å². The molecule has 0 aliphatic rings. The van der Waals surface area contributed by atoms with Crippen LogP contribution in [0.1, 0.15) is 136 Å². The van der Waals surface area contributed by atoms with E-state index in [1.807, 2.05) is 0 Å². The maximum Gasteiger partial charge on any atom is 0.220 e. The van der Waals surface area contributed by atoms with Gasteiger partial charge in [-0.3, -0.25) is 4.79 Å². The van der Waals surface area contributed by atoms with Crippen LogP contribution in [0.25, 0.3) is 0 Å². The molecular weight excluding hydrogens is 434 g/mol. The highest BCUT2D eigenvalue weighted by molar-refractivity contribution is 5.76. The SMILES string of the molecule is CC/C=C\C/C=C\C/C=C\CCCCCCCCCC(=O)NC(CO)C(O)CCCCCCCC. The zero-order valence-corrected chi connectivity index (χ0v) is 23.1. The molecule has 0 saturated carbocycles. The summed E-state index contributed by atoms with van der Waals surface area (Å²) in [5.41, 5.74) is 0. The van der Waals surface area contributed by atoms with Gasteiger partial charge in [0.1, 0.15) is 0 Å². The average Bonchev–Trinajstić information content (AvgIpc) is 2.86. The van der Waals surface area contributed by atoms with Gasteiger partial charge in [0.25, 0.3) is 0 Å². The monoisotopic (exact) mass is 491 g/mol. The Labute approximate surface area is 217 Å². The van der Waals surface area contributed by atoms with Gasteiger partial charge in [-0.15, -0.1) is 0 Å². The second-order valence-corrected chi connectivity index (χ2v) is 9.79. The van der Waals surface area contributed by atoms with E-state index in [2.05, 4.69) is 55.6 Å². The van der Waals surface area contributed by atoms with Crippen molar-refractivity contribution in [2.24, 2.45) is 0 Å². The zero-order valence-electron chi connectivity index (χ0n) is 23.1. The van der Waals surface area contributed by atoms with Crippen LogP contribution < -0.4 is 5.32 Å². The van der Waals surface area contributed by atoms with Crippen LogP contribution in [-0.4, -0.2) is 34.9 Å². The average molecular weight is 492 g/mol. The fourth-order valence-electron chi connectivity index (χ4n) is 4.14. The number of nitrogens with one attached hydrogen (secondary N) is 1. The molecule has 0 fully saturated rings. The van der Waals surface area contributed by atoms with Crippen molar-refractivity contribution in [3.63, 3.8) is 0 Å².